The highest BCUT2D eigenvalue weighted by molar-refractivity contribution is 9.10. The van der Waals surface area contributed by atoms with Crippen molar-refractivity contribution in [3.8, 4) is 0 Å². The normalized spacial score (nSPS) is 22.9. The summed E-state index contributed by atoms with van der Waals surface area (Å²) in [6.45, 7) is 0.653. The predicted octanol–water partition coefficient (Wildman–Crippen LogP) is 5.04. The zero-order valence-electron chi connectivity index (χ0n) is 17.8. The largest absolute Gasteiger partial charge is 0.307 e. The number of halogens is 2. The number of hydrogen-bond donors (Lipinski definition) is 0. The Morgan fingerprint density at radius 1 is 1.09 bits per heavy atom. The van der Waals surface area contributed by atoms with E-state index in [1.807, 2.05) is 17.0 Å². The van der Waals surface area contributed by atoms with Crippen LogP contribution in [0.25, 0.3) is 0 Å². The molecular weight excluding hydrogens is 495 g/mol. The Hall–Kier alpha value is -1.77. The molecule has 170 valence electrons. The van der Waals surface area contributed by atoms with Gasteiger partial charge in [-0.15, -0.1) is 0 Å². The Morgan fingerprint density at radius 3 is 2.59 bits per heavy atom. The van der Waals surface area contributed by atoms with E-state index in [1.54, 1.807) is 12.1 Å². The van der Waals surface area contributed by atoms with Crippen molar-refractivity contribution < 1.29 is 17.6 Å². The Bertz CT molecular complexity index is 1160. The van der Waals surface area contributed by atoms with Gasteiger partial charge in [-0.1, -0.05) is 41.3 Å². The smallest absolute Gasteiger partial charge is 0.258 e. The molecule has 2 heterocycles. The standard InChI is InChI=1S/C24H26BrFN2O3S/c25-18-7-8-22-21(14-18)24(10-2-1-3-11-24)16-28(22)23(29)17-5-4-6-20(13-17)32(30,31)27-12-9-19(26)15-27/h4-8,13-14,19H,1-3,9-12,15-16H2. The molecule has 1 aliphatic carbocycles. The number of nitrogens with zero attached hydrogens (tertiary/aromatic N) is 2. The molecule has 0 N–H and O–H groups in total. The van der Waals surface area contributed by atoms with E-state index in [9.17, 15) is 17.6 Å². The third-order valence-corrected chi connectivity index (χ3v) is 9.50. The molecule has 3 aliphatic rings. The molecule has 8 heteroatoms. The van der Waals surface area contributed by atoms with Crippen LogP contribution >= 0.6 is 15.9 Å². The van der Waals surface area contributed by atoms with Crippen molar-refractivity contribution in [1.82, 2.24) is 4.31 Å². The van der Waals surface area contributed by atoms with Crippen LogP contribution in [0.15, 0.2) is 51.8 Å². The second-order valence-corrected chi connectivity index (χ2v) is 12.0. The van der Waals surface area contributed by atoms with E-state index >= 15 is 0 Å². The lowest BCUT2D eigenvalue weighted by molar-refractivity contribution is 0.0982. The maximum absolute atomic E-state index is 13.6. The van der Waals surface area contributed by atoms with Gasteiger partial charge in [-0.05, 0) is 61.2 Å². The topological polar surface area (TPSA) is 57.7 Å². The third-order valence-electron chi connectivity index (χ3n) is 7.15. The zero-order valence-corrected chi connectivity index (χ0v) is 20.2. The number of amides is 1. The lowest BCUT2D eigenvalue weighted by Gasteiger charge is -2.34. The van der Waals surface area contributed by atoms with Crippen molar-refractivity contribution in [3.63, 3.8) is 0 Å². The summed E-state index contributed by atoms with van der Waals surface area (Å²) in [5.41, 5.74) is 2.41. The summed E-state index contributed by atoms with van der Waals surface area (Å²) in [5.74, 6) is -0.196. The van der Waals surface area contributed by atoms with Crippen LogP contribution in [0.2, 0.25) is 0 Å². The van der Waals surface area contributed by atoms with Gasteiger partial charge in [0, 0.05) is 40.8 Å². The number of carbonyl (C=O) groups is 1. The van der Waals surface area contributed by atoms with E-state index < -0.39 is 16.2 Å². The van der Waals surface area contributed by atoms with Crippen molar-refractivity contribution >= 4 is 37.5 Å². The minimum atomic E-state index is -3.83. The van der Waals surface area contributed by atoms with E-state index in [0.717, 1.165) is 35.8 Å². The Morgan fingerprint density at radius 2 is 1.88 bits per heavy atom. The van der Waals surface area contributed by atoms with Gasteiger partial charge >= 0.3 is 0 Å². The lowest BCUT2D eigenvalue weighted by atomic mass is 9.71. The van der Waals surface area contributed by atoms with Gasteiger partial charge in [0.15, 0.2) is 0 Å². The molecule has 2 aromatic carbocycles. The molecular formula is C24H26BrFN2O3S. The lowest BCUT2D eigenvalue weighted by Crippen LogP contribution is -2.38. The van der Waals surface area contributed by atoms with E-state index in [1.165, 1.54) is 28.4 Å². The van der Waals surface area contributed by atoms with Crippen molar-refractivity contribution in [2.75, 3.05) is 24.5 Å². The number of anilines is 1. The van der Waals surface area contributed by atoms with Crippen LogP contribution in [0.4, 0.5) is 10.1 Å². The first kappa shape index (κ1) is 22.0. The highest BCUT2D eigenvalue weighted by Gasteiger charge is 2.45. The van der Waals surface area contributed by atoms with E-state index in [2.05, 4.69) is 22.0 Å². The van der Waals surface area contributed by atoms with Gasteiger partial charge in [-0.3, -0.25) is 4.79 Å². The molecule has 0 radical (unpaired) electrons. The summed E-state index contributed by atoms with van der Waals surface area (Å²) in [7, 11) is -3.83. The minimum absolute atomic E-state index is 0.0393. The quantitative estimate of drug-likeness (QED) is 0.569. The molecule has 32 heavy (non-hydrogen) atoms. The fraction of sp³-hybridized carbons (Fsp3) is 0.458. The van der Waals surface area contributed by atoms with Crippen LogP contribution in [0.1, 0.15) is 54.4 Å². The second kappa shape index (κ2) is 8.22. The molecule has 0 aromatic heterocycles. The molecule has 1 atom stereocenters. The number of rotatable bonds is 3. The molecule has 1 amide bonds. The number of hydrogen-bond acceptors (Lipinski definition) is 3. The van der Waals surface area contributed by atoms with Crippen molar-refractivity contribution in [2.45, 2.75) is 55.0 Å². The summed E-state index contributed by atoms with van der Waals surface area (Å²) in [4.78, 5) is 15.5. The monoisotopic (exact) mass is 520 g/mol. The van der Waals surface area contributed by atoms with Gasteiger partial charge in [0.2, 0.25) is 10.0 Å². The van der Waals surface area contributed by atoms with Gasteiger partial charge in [-0.25, -0.2) is 12.8 Å². The van der Waals surface area contributed by atoms with Gasteiger partial charge in [0.1, 0.15) is 6.17 Å². The fourth-order valence-corrected chi connectivity index (χ4v) is 7.37. The van der Waals surface area contributed by atoms with Gasteiger partial charge in [-0.2, -0.15) is 4.31 Å². The van der Waals surface area contributed by atoms with Gasteiger partial charge in [0.25, 0.3) is 5.91 Å². The highest BCUT2D eigenvalue weighted by Crippen LogP contribution is 2.50. The Balaban J connectivity index is 1.48. The maximum atomic E-state index is 13.6. The summed E-state index contributed by atoms with van der Waals surface area (Å²) in [6, 6.07) is 12.2. The predicted molar refractivity (Wildman–Crippen MR) is 125 cm³/mol. The summed E-state index contributed by atoms with van der Waals surface area (Å²) in [6.07, 6.45) is 4.68. The summed E-state index contributed by atoms with van der Waals surface area (Å²) in [5, 5.41) is 0. The molecule has 2 aromatic rings. The molecule has 2 fully saturated rings. The summed E-state index contributed by atoms with van der Waals surface area (Å²) >= 11 is 3.58. The second-order valence-electron chi connectivity index (χ2n) is 9.17. The van der Waals surface area contributed by atoms with Gasteiger partial charge < -0.3 is 4.90 Å². The van der Waals surface area contributed by atoms with Crippen molar-refractivity contribution in [2.24, 2.45) is 0 Å². The third kappa shape index (κ3) is 3.70. The molecule has 1 unspecified atom stereocenters. The fourth-order valence-electron chi connectivity index (χ4n) is 5.48. The molecule has 0 bridgehead atoms. The Kier molecular flexibility index (Phi) is 5.66. The average molecular weight is 521 g/mol. The number of sulfonamides is 1. The molecule has 5 rings (SSSR count). The minimum Gasteiger partial charge on any atom is -0.307 e. The summed E-state index contributed by atoms with van der Waals surface area (Å²) < 4.78 is 41.7. The van der Waals surface area contributed by atoms with Crippen LogP contribution in [0.3, 0.4) is 0 Å². The maximum Gasteiger partial charge on any atom is 0.258 e. The van der Waals surface area contributed by atoms with Crippen LogP contribution in [0.5, 0.6) is 0 Å². The van der Waals surface area contributed by atoms with Crippen LogP contribution < -0.4 is 4.90 Å². The highest BCUT2D eigenvalue weighted by atomic mass is 79.9. The molecule has 2 aliphatic heterocycles. The first-order valence-corrected chi connectivity index (χ1v) is 13.4. The Labute approximate surface area is 196 Å². The van der Waals surface area contributed by atoms with Crippen LogP contribution in [-0.2, 0) is 15.4 Å². The van der Waals surface area contributed by atoms with Crippen molar-refractivity contribution in [3.05, 3.63) is 58.1 Å². The molecule has 1 saturated heterocycles. The SMILES string of the molecule is O=C(c1cccc(S(=O)(=O)N2CCC(F)C2)c1)N1CC2(CCCCC2)c2cc(Br)ccc21. The van der Waals surface area contributed by atoms with Crippen molar-refractivity contribution in [1.29, 1.82) is 0 Å². The van der Waals surface area contributed by atoms with Crippen LogP contribution in [-0.4, -0.2) is 44.4 Å². The number of fused-ring (bicyclic) bond motifs is 2. The van der Waals surface area contributed by atoms with E-state index in [0.29, 0.717) is 12.1 Å². The number of carbonyl (C=O) groups excluding carboxylic acids is 1. The van der Waals surface area contributed by atoms with Gasteiger partial charge in [0.05, 0.1) is 4.90 Å². The van der Waals surface area contributed by atoms with Crippen LogP contribution in [0, 0.1) is 0 Å². The average Bonchev–Trinajstić information content (AvgIpc) is 3.36. The first-order chi connectivity index (χ1) is 15.3. The number of alkyl halides is 1. The van der Waals surface area contributed by atoms with E-state index in [-0.39, 0.29) is 35.7 Å². The molecule has 5 nitrogen and oxygen atoms in total. The first-order valence-electron chi connectivity index (χ1n) is 11.2. The zero-order chi connectivity index (χ0) is 22.5. The molecule has 1 spiro atoms. The van der Waals surface area contributed by atoms with E-state index in [4.69, 9.17) is 0 Å². The molecule has 1 saturated carbocycles. The number of benzene rings is 2.